The molecular weight excluding hydrogens is 445 g/mol. The lowest BCUT2D eigenvalue weighted by Gasteiger charge is -2.11. The number of nitrogens with one attached hydrogen (secondary N) is 2. The Labute approximate surface area is 174 Å². The minimum absolute atomic E-state index is 0. The minimum Gasteiger partial charge on any atom is -0.497 e. The standard InChI is InChI=1S/C19H31N3O3.HI/c1-4-20-19(21-14-8-6-5-7-9-18(23)25-3)22-15-16-10-12-17(24-2)13-11-16;/h10-13H,4-9,14-15H2,1-3H3,(H2,20,21,22);1H. The van der Waals surface area contributed by atoms with Crippen LogP contribution in [0.2, 0.25) is 0 Å². The quantitative estimate of drug-likeness (QED) is 0.168. The van der Waals surface area contributed by atoms with Gasteiger partial charge in [-0.15, -0.1) is 24.0 Å². The predicted molar refractivity (Wildman–Crippen MR) is 116 cm³/mol. The highest BCUT2D eigenvalue weighted by Crippen LogP contribution is 2.11. The second kappa shape index (κ2) is 15.7. The maximum absolute atomic E-state index is 11.0. The molecule has 1 aromatic carbocycles. The number of guanidine groups is 1. The summed E-state index contributed by atoms with van der Waals surface area (Å²) in [5.74, 6) is 1.55. The lowest BCUT2D eigenvalue weighted by molar-refractivity contribution is -0.140. The van der Waals surface area contributed by atoms with Crippen molar-refractivity contribution in [2.75, 3.05) is 27.3 Å². The highest BCUT2D eigenvalue weighted by Gasteiger charge is 2.00. The Hall–Kier alpha value is -1.51. The number of unbranched alkanes of at least 4 members (excludes halogenated alkanes) is 3. The number of aliphatic imine (C=N–C) groups is 1. The van der Waals surface area contributed by atoms with Crippen molar-refractivity contribution < 1.29 is 14.3 Å². The Kier molecular flexibility index (Phi) is 14.8. The molecule has 0 saturated carbocycles. The maximum Gasteiger partial charge on any atom is 0.305 e. The number of esters is 1. The summed E-state index contributed by atoms with van der Waals surface area (Å²) in [6.45, 7) is 4.37. The fraction of sp³-hybridized carbons (Fsp3) is 0.579. The molecule has 26 heavy (non-hydrogen) atoms. The number of benzene rings is 1. The van der Waals surface area contributed by atoms with Crippen LogP contribution < -0.4 is 15.4 Å². The van der Waals surface area contributed by atoms with E-state index in [4.69, 9.17) is 4.74 Å². The molecule has 0 atom stereocenters. The van der Waals surface area contributed by atoms with Crippen LogP contribution in [0.3, 0.4) is 0 Å². The van der Waals surface area contributed by atoms with Gasteiger partial charge in [-0.25, -0.2) is 4.99 Å². The van der Waals surface area contributed by atoms with Gasteiger partial charge in [-0.1, -0.05) is 25.0 Å². The monoisotopic (exact) mass is 477 g/mol. The van der Waals surface area contributed by atoms with Crippen LogP contribution in [0, 0.1) is 0 Å². The van der Waals surface area contributed by atoms with Gasteiger partial charge in [0.15, 0.2) is 5.96 Å². The number of methoxy groups -OCH3 is 2. The second-order valence-corrected chi connectivity index (χ2v) is 5.71. The van der Waals surface area contributed by atoms with E-state index < -0.39 is 0 Å². The SMILES string of the molecule is CCNC(=NCc1ccc(OC)cc1)NCCCCCCC(=O)OC.I. The first-order chi connectivity index (χ1) is 12.2. The average Bonchev–Trinajstić information content (AvgIpc) is 2.65. The molecule has 0 aliphatic rings. The number of ether oxygens (including phenoxy) is 2. The van der Waals surface area contributed by atoms with Gasteiger partial charge in [-0.3, -0.25) is 4.79 Å². The normalized spacial score (nSPS) is 10.7. The van der Waals surface area contributed by atoms with Crippen LogP contribution >= 0.6 is 24.0 Å². The van der Waals surface area contributed by atoms with Crippen molar-refractivity contribution in [3.8, 4) is 5.75 Å². The third kappa shape index (κ3) is 11.2. The Balaban J connectivity index is 0.00000625. The summed E-state index contributed by atoms with van der Waals surface area (Å²) in [6.07, 6.45) is 4.57. The van der Waals surface area contributed by atoms with E-state index in [1.54, 1.807) is 7.11 Å². The molecule has 0 amide bonds. The summed E-state index contributed by atoms with van der Waals surface area (Å²) < 4.78 is 9.79. The van der Waals surface area contributed by atoms with Crippen LogP contribution in [0.25, 0.3) is 0 Å². The minimum atomic E-state index is -0.127. The van der Waals surface area contributed by atoms with Crippen LogP contribution in [0.4, 0.5) is 0 Å². The first kappa shape index (κ1) is 24.5. The van der Waals surface area contributed by atoms with Crippen molar-refractivity contribution in [3.63, 3.8) is 0 Å². The third-order valence-corrected chi connectivity index (χ3v) is 3.75. The van der Waals surface area contributed by atoms with Gasteiger partial charge in [0.05, 0.1) is 20.8 Å². The van der Waals surface area contributed by atoms with Gasteiger partial charge in [0, 0.05) is 19.5 Å². The van der Waals surface area contributed by atoms with Crippen molar-refractivity contribution in [3.05, 3.63) is 29.8 Å². The molecule has 0 aromatic heterocycles. The van der Waals surface area contributed by atoms with E-state index >= 15 is 0 Å². The van der Waals surface area contributed by atoms with Gasteiger partial charge >= 0.3 is 5.97 Å². The lowest BCUT2D eigenvalue weighted by Crippen LogP contribution is -2.37. The number of carbonyl (C=O) groups excluding carboxylic acids is 1. The van der Waals surface area contributed by atoms with Crippen LogP contribution in [0.1, 0.15) is 44.6 Å². The van der Waals surface area contributed by atoms with Crippen molar-refractivity contribution >= 4 is 35.9 Å². The van der Waals surface area contributed by atoms with Crippen molar-refractivity contribution in [1.29, 1.82) is 0 Å². The molecular formula is C19H32IN3O3. The number of nitrogens with zero attached hydrogens (tertiary/aromatic N) is 1. The maximum atomic E-state index is 11.0. The number of rotatable bonds is 11. The summed E-state index contributed by atoms with van der Waals surface area (Å²) >= 11 is 0. The van der Waals surface area contributed by atoms with Gasteiger partial charge in [-0.2, -0.15) is 0 Å². The highest BCUT2D eigenvalue weighted by molar-refractivity contribution is 14.0. The zero-order valence-electron chi connectivity index (χ0n) is 16.0. The molecule has 0 heterocycles. The molecule has 7 heteroatoms. The molecule has 0 aliphatic heterocycles. The molecule has 0 saturated heterocycles. The summed E-state index contributed by atoms with van der Waals surface area (Å²) in [6, 6.07) is 7.93. The number of hydrogen-bond acceptors (Lipinski definition) is 4. The second-order valence-electron chi connectivity index (χ2n) is 5.71. The third-order valence-electron chi connectivity index (χ3n) is 3.75. The number of hydrogen-bond donors (Lipinski definition) is 2. The summed E-state index contributed by atoms with van der Waals surface area (Å²) in [5, 5.41) is 6.60. The molecule has 0 aliphatic carbocycles. The van der Waals surface area contributed by atoms with Gasteiger partial charge in [0.1, 0.15) is 5.75 Å². The van der Waals surface area contributed by atoms with Gasteiger partial charge in [0.25, 0.3) is 0 Å². The molecule has 2 N–H and O–H groups in total. The lowest BCUT2D eigenvalue weighted by atomic mass is 10.1. The Morgan fingerprint density at radius 2 is 1.73 bits per heavy atom. The molecule has 0 fully saturated rings. The largest absolute Gasteiger partial charge is 0.497 e. The molecule has 6 nitrogen and oxygen atoms in total. The van der Waals surface area contributed by atoms with Gasteiger partial charge in [-0.05, 0) is 37.5 Å². The zero-order valence-corrected chi connectivity index (χ0v) is 18.4. The first-order valence-corrected chi connectivity index (χ1v) is 8.91. The van der Waals surface area contributed by atoms with E-state index in [9.17, 15) is 4.79 Å². The number of halogens is 1. The van der Waals surface area contributed by atoms with E-state index in [0.717, 1.165) is 56.0 Å². The average molecular weight is 477 g/mol. The zero-order chi connectivity index (χ0) is 18.3. The molecule has 1 aromatic rings. The van der Waals surface area contributed by atoms with E-state index in [1.807, 2.05) is 24.3 Å². The van der Waals surface area contributed by atoms with Gasteiger partial charge < -0.3 is 20.1 Å². The number of carbonyl (C=O) groups is 1. The first-order valence-electron chi connectivity index (χ1n) is 8.91. The van der Waals surface area contributed by atoms with Crippen molar-refractivity contribution in [2.45, 2.75) is 45.6 Å². The van der Waals surface area contributed by atoms with Crippen molar-refractivity contribution in [2.24, 2.45) is 4.99 Å². The molecule has 0 unspecified atom stereocenters. The Morgan fingerprint density at radius 3 is 2.35 bits per heavy atom. The van der Waals surface area contributed by atoms with Crippen LogP contribution in [-0.4, -0.2) is 39.2 Å². The molecule has 0 radical (unpaired) electrons. The molecule has 1 rings (SSSR count). The van der Waals surface area contributed by atoms with Crippen LogP contribution in [-0.2, 0) is 16.1 Å². The van der Waals surface area contributed by atoms with E-state index in [1.165, 1.54) is 7.11 Å². The van der Waals surface area contributed by atoms with E-state index in [-0.39, 0.29) is 29.9 Å². The van der Waals surface area contributed by atoms with Gasteiger partial charge in [0.2, 0.25) is 0 Å². The molecule has 148 valence electrons. The summed E-state index contributed by atoms with van der Waals surface area (Å²) in [7, 11) is 3.09. The Bertz CT molecular complexity index is 521. The topological polar surface area (TPSA) is 72.0 Å². The summed E-state index contributed by atoms with van der Waals surface area (Å²) in [4.78, 5) is 15.6. The fourth-order valence-electron chi connectivity index (χ4n) is 2.30. The van der Waals surface area contributed by atoms with Crippen LogP contribution in [0.15, 0.2) is 29.3 Å². The van der Waals surface area contributed by atoms with Crippen LogP contribution in [0.5, 0.6) is 5.75 Å². The van der Waals surface area contributed by atoms with E-state index in [2.05, 4.69) is 27.3 Å². The fourth-order valence-corrected chi connectivity index (χ4v) is 2.30. The highest BCUT2D eigenvalue weighted by atomic mass is 127. The predicted octanol–water partition coefficient (Wildman–Crippen LogP) is 3.49. The molecule has 0 bridgehead atoms. The summed E-state index contributed by atoms with van der Waals surface area (Å²) in [5.41, 5.74) is 1.14. The van der Waals surface area contributed by atoms with E-state index in [0.29, 0.717) is 13.0 Å². The Morgan fingerprint density at radius 1 is 1.04 bits per heavy atom. The smallest absolute Gasteiger partial charge is 0.305 e. The van der Waals surface area contributed by atoms with Crippen molar-refractivity contribution in [1.82, 2.24) is 10.6 Å². The molecule has 0 spiro atoms.